The zero-order valence-corrected chi connectivity index (χ0v) is 20.5. The molecule has 0 aliphatic heterocycles. The number of hydrogen-bond donors (Lipinski definition) is 1. The molecule has 182 valence electrons. The monoisotopic (exact) mass is 559 g/mol. The van der Waals surface area contributed by atoms with Gasteiger partial charge in [0.15, 0.2) is 0 Å². The van der Waals surface area contributed by atoms with Crippen LogP contribution < -0.4 is 4.72 Å². The van der Waals surface area contributed by atoms with Gasteiger partial charge in [-0.15, -0.1) is 0 Å². The third-order valence-electron chi connectivity index (χ3n) is 5.05. The Morgan fingerprint density at radius 1 is 0.686 bits per heavy atom. The number of nitrogens with one attached hydrogen (secondary N) is 1. The first-order valence-corrected chi connectivity index (χ1v) is 13.4. The number of benzene rings is 4. The molecule has 4 aromatic rings. The average molecular weight is 560 g/mol. The predicted octanol–water partition coefficient (Wildman–Crippen LogP) is 6.80. The van der Waals surface area contributed by atoms with Crippen LogP contribution >= 0.6 is 23.2 Å². The van der Waals surface area contributed by atoms with E-state index in [1.807, 2.05) is 12.1 Å². The fourth-order valence-corrected chi connectivity index (χ4v) is 6.78. The van der Waals surface area contributed by atoms with Gasteiger partial charge in [0.05, 0.1) is 31.1 Å². The van der Waals surface area contributed by atoms with Gasteiger partial charge in [-0.1, -0.05) is 53.5 Å². The Bertz CT molecular complexity index is 1670. The van der Waals surface area contributed by atoms with Crippen molar-refractivity contribution >= 4 is 59.5 Å². The second kappa shape index (κ2) is 9.02. The Morgan fingerprint density at radius 3 is 1.94 bits per heavy atom. The molecule has 0 aliphatic rings. The van der Waals surface area contributed by atoms with Crippen molar-refractivity contribution in [3.63, 3.8) is 0 Å². The van der Waals surface area contributed by atoms with Crippen LogP contribution in [-0.4, -0.2) is 16.8 Å². The van der Waals surface area contributed by atoms with Crippen molar-refractivity contribution in [1.29, 1.82) is 0 Å². The molecule has 0 bridgehead atoms. The summed E-state index contributed by atoms with van der Waals surface area (Å²) in [7, 11) is -8.44. The molecule has 0 saturated carbocycles. The van der Waals surface area contributed by atoms with Gasteiger partial charge in [-0.25, -0.2) is 16.8 Å². The quantitative estimate of drug-likeness (QED) is 0.291. The highest BCUT2D eigenvalue weighted by Crippen LogP contribution is 2.35. The summed E-state index contributed by atoms with van der Waals surface area (Å²) >= 11 is 12.0. The summed E-state index contributed by atoms with van der Waals surface area (Å²) < 4.78 is 92.3. The second-order valence-corrected chi connectivity index (χ2v) is 11.8. The summed E-state index contributed by atoms with van der Waals surface area (Å²) in [5.74, 6) is 0. The van der Waals surface area contributed by atoms with Crippen molar-refractivity contribution < 1.29 is 30.0 Å². The third kappa shape index (κ3) is 5.11. The zero-order valence-electron chi connectivity index (χ0n) is 17.3. The van der Waals surface area contributed by atoms with Gasteiger partial charge in [-0.05, 0) is 59.3 Å². The number of fused-ring (bicyclic) bond motifs is 1. The second-order valence-electron chi connectivity index (χ2n) is 7.41. The van der Waals surface area contributed by atoms with E-state index in [2.05, 4.69) is 4.72 Å². The maximum absolute atomic E-state index is 13.1. The predicted molar refractivity (Wildman–Crippen MR) is 128 cm³/mol. The topological polar surface area (TPSA) is 80.3 Å². The molecule has 0 amide bonds. The van der Waals surface area contributed by atoms with Crippen LogP contribution in [0.3, 0.4) is 0 Å². The molecule has 0 radical (unpaired) electrons. The van der Waals surface area contributed by atoms with Crippen LogP contribution in [0.5, 0.6) is 0 Å². The minimum atomic E-state index is -4.70. The molecule has 5 nitrogen and oxygen atoms in total. The third-order valence-corrected chi connectivity index (χ3v) is 9.15. The van der Waals surface area contributed by atoms with Crippen molar-refractivity contribution in [2.24, 2.45) is 0 Å². The van der Waals surface area contributed by atoms with E-state index in [0.29, 0.717) is 17.5 Å². The molecule has 0 saturated heterocycles. The molecule has 0 heterocycles. The number of halogens is 5. The molecule has 0 unspecified atom stereocenters. The lowest BCUT2D eigenvalue weighted by Crippen LogP contribution is -2.15. The Labute approximate surface area is 209 Å². The summed E-state index contributed by atoms with van der Waals surface area (Å²) in [5.41, 5.74) is -1.21. The smallest absolute Gasteiger partial charge is 0.280 e. The highest BCUT2D eigenvalue weighted by molar-refractivity contribution is 7.93. The molecule has 0 atom stereocenters. The van der Waals surface area contributed by atoms with Crippen LogP contribution in [0.25, 0.3) is 10.8 Å². The number of hydrogen-bond acceptors (Lipinski definition) is 4. The number of rotatable bonds is 5. The Kier molecular flexibility index (Phi) is 6.52. The lowest BCUT2D eigenvalue weighted by Gasteiger charge is -2.13. The van der Waals surface area contributed by atoms with Gasteiger partial charge in [0.2, 0.25) is 9.84 Å². The molecule has 35 heavy (non-hydrogen) atoms. The summed E-state index contributed by atoms with van der Waals surface area (Å²) in [4.78, 5) is -0.830. The number of anilines is 1. The fraction of sp³-hybridized carbons (Fsp3) is 0.0435. The van der Waals surface area contributed by atoms with Crippen LogP contribution in [0.4, 0.5) is 18.9 Å². The lowest BCUT2D eigenvalue weighted by atomic mass is 10.1. The number of sulfonamides is 1. The lowest BCUT2D eigenvalue weighted by molar-refractivity contribution is -0.137. The number of sulfone groups is 1. The van der Waals surface area contributed by atoms with Crippen molar-refractivity contribution in [3.05, 3.63) is 94.5 Å². The van der Waals surface area contributed by atoms with Gasteiger partial charge < -0.3 is 0 Å². The van der Waals surface area contributed by atoms with Gasteiger partial charge in [0.1, 0.15) is 4.90 Å². The average Bonchev–Trinajstić information content (AvgIpc) is 2.77. The van der Waals surface area contributed by atoms with Crippen LogP contribution in [0.15, 0.2) is 93.5 Å². The van der Waals surface area contributed by atoms with E-state index < -0.39 is 41.5 Å². The maximum atomic E-state index is 13.1. The fourth-order valence-electron chi connectivity index (χ4n) is 3.35. The van der Waals surface area contributed by atoms with Crippen molar-refractivity contribution in [2.75, 3.05) is 4.72 Å². The summed E-state index contributed by atoms with van der Waals surface area (Å²) in [6, 6.07) is 17.0. The van der Waals surface area contributed by atoms with Gasteiger partial charge in [0.25, 0.3) is 10.0 Å². The Morgan fingerprint density at radius 2 is 1.31 bits per heavy atom. The summed E-state index contributed by atoms with van der Waals surface area (Å²) in [6.07, 6.45) is -4.70. The van der Waals surface area contributed by atoms with E-state index in [1.165, 1.54) is 18.2 Å². The van der Waals surface area contributed by atoms with Crippen molar-refractivity contribution in [2.45, 2.75) is 20.9 Å². The first-order chi connectivity index (χ1) is 16.3. The van der Waals surface area contributed by atoms with Crippen molar-refractivity contribution in [1.82, 2.24) is 0 Å². The van der Waals surface area contributed by atoms with Crippen LogP contribution in [0.2, 0.25) is 10.0 Å². The molecule has 4 rings (SSSR count). The van der Waals surface area contributed by atoms with Gasteiger partial charge in [-0.2, -0.15) is 13.2 Å². The van der Waals surface area contributed by atoms with E-state index in [9.17, 15) is 30.0 Å². The van der Waals surface area contributed by atoms with E-state index in [1.54, 1.807) is 18.2 Å². The molecule has 1 N–H and O–H groups in total. The van der Waals surface area contributed by atoms with Gasteiger partial charge >= 0.3 is 6.18 Å². The van der Waals surface area contributed by atoms with Crippen LogP contribution in [-0.2, 0) is 26.0 Å². The minimum absolute atomic E-state index is 0.00275. The van der Waals surface area contributed by atoms with E-state index >= 15 is 0 Å². The van der Waals surface area contributed by atoms with Gasteiger partial charge in [-0.3, -0.25) is 4.72 Å². The first-order valence-electron chi connectivity index (χ1n) is 9.72. The molecular formula is C23H14Cl2F3NO4S2. The molecule has 0 aliphatic carbocycles. The van der Waals surface area contributed by atoms with Gasteiger partial charge in [0, 0.05) is 0 Å². The molecule has 0 spiro atoms. The summed E-state index contributed by atoms with van der Waals surface area (Å²) in [5, 5.41) is 0.678. The molecule has 0 aromatic heterocycles. The minimum Gasteiger partial charge on any atom is -0.280 e. The molecule has 0 fully saturated rings. The van der Waals surface area contributed by atoms with E-state index in [0.717, 1.165) is 23.6 Å². The maximum Gasteiger partial charge on any atom is 0.416 e. The van der Waals surface area contributed by atoms with E-state index in [4.69, 9.17) is 23.2 Å². The van der Waals surface area contributed by atoms with Crippen LogP contribution in [0.1, 0.15) is 5.56 Å². The molecular weight excluding hydrogens is 546 g/mol. The Balaban J connectivity index is 1.65. The SMILES string of the molecule is O=S(=O)(Nc1ccc(S(=O)(=O)c2ccc3ccccc3c2)c(Cl)c1)c1ccc(C(F)(F)F)cc1Cl. The molecule has 12 heteroatoms. The first kappa shape index (κ1) is 25.3. The highest BCUT2D eigenvalue weighted by atomic mass is 35.5. The Hall–Kier alpha value is -2.79. The normalized spacial score (nSPS) is 12.6. The highest BCUT2D eigenvalue weighted by Gasteiger charge is 2.32. The largest absolute Gasteiger partial charge is 0.416 e. The standard InChI is InChI=1S/C23H14Cl2F3NO4S2/c24-19-12-16(23(26,27)28)6-9-22(19)35(32,33)29-17-7-10-21(20(25)13-17)34(30,31)18-8-5-14-3-1-2-4-15(14)11-18/h1-13,29H. The van der Waals surface area contributed by atoms with E-state index in [-0.39, 0.29) is 20.5 Å². The van der Waals surface area contributed by atoms with Crippen molar-refractivity contribution in [3.8, 4) is 0 Å². The summed E-state index contributed by atoms with van der Waals surface area (Å²) in [6.45, 7) is 0. The molecule has 4 aromatic carbocycles. The number of alkyl halides is 3. The van der Waals surface area contributed by atoms with Crippen LogP contribution in [0, 0.1) is 0 Å². The zero-order chi connectivity index (χ0) is 25.6.